The Hall–Kier alpha value is -2.08. The van der Waals surface area contributed by atoms with Crippen molar-refractivity contribution in [2.45, 2.75) is 13.8 Å². The highest BCUT2D eigenvalue weighted by Gasteiger charge is 2.11. The highest BCUT2D eigenvalue weighted by Crippen LogP contribution is 2.25. The van der Waals surface area contributed by atoms with Gasteiger partial charge >= 0.3 is 0 Å². The lowest BCUT2D eigenvalue weighted by molar-refractivity contribution is 0.687. The Labute approximate surface area is 108 Å². The molecule has 3 nitrogen and oxygen atoms in total. The molecule has 0 saturated heterocycles. The van der Waals surface area contributed by atoms with E-state index in [0.29, 0.717) is 0 Å². The molecule has 0 spiro atoms. The first-order chi connectivity index (χ1) is 8.76. The molecule has 0 saturated carbocycles. The molecule has 0 amide bonds. The minimum Gasteiger partial charge on any atom is -0.370 e. The van der Waals surface area contributed by atoms with Crippen LogP contribution in [0.25, 0.3) is 10.9 Å². The van der Waals surface area contributed by atoms with Gasteiger partial charge in [-0.25, -0.2) is 0 Å². The average molecular weight is 239 g/mol. The van der Waals surface area contributed by atoms with Gasteiger partial charge in [0, 0.05) is 30.4 Å². The molecule has 0 aliphatic carbocycles. The maximum atomic E-state index is 8.95. The zero-order valence-electron chi connectivity index (χ0n) is 10.8. The summed E-state index contributed by atoms with van der Waals surface area (Å²) in [6.45, 7) is 5.70. The predicted octanol–water partition coefficient (Wildman–Crippen LogP) is 3.22. The Kier molecular flexibility index (Phi) is 3.78. The van der Waals surface area contributed by atoms with Crippen LogP contribution in [0, 0.1) is 17.2 Å². The van der Waals surface area contributed by atoms with Crippen molar-refractivity contribution in [2.24, 2.45) is 5.92 Å². The van der Waals surface area contributed by atoms with Crippen LogP contribution in [-0.4, -0.2) is 18.1 Å². The van der Waals surface area contributed by atoms with Crippen LogP contribution in [0.4, 0.5) is 5.69 Å². The van der Waals surface area contributed by atoms with Crippen LogP contribution in [0.2, 0.25) is 0 Å². The fourth-order valence-electron chi connectivity index (χ4n) is 2.13. The van der Waals surface area contributed by atoms with Gasteiger partial charge in [0.1, 0.15) is 0 Å². The second-order valence-electron chi connectivity index (χ2n) is 4.42. The first-order valence-corrected chi connectivity index (χ1v) is 6.24. The number of aromatic nitrogens is 1. The highest BCUT2D eigenvalue weighted by atomic mass is 15.1. The van der Waals surface area contributed by atoms with E-state index in [4.69, 9.17) is 5.26 Å². The second kappa shape index (κ2) is 5.50. The lowest BCUT2D eigenvalue weighted by Crippen LogP contribution is -2.27. The molecule has 18 heavy (non-hydrogen) atoms. The molecule has 1 aromatic heterocycles. The Balaban J connectivity index is 2.42. The Morgan fingerprint density at radius 2 is 2.11 bits per heavy atom. The molecule has 1 unspecified atom stereocenters. The van der Waals surface area contributed by atoms with Gasteiger partial charge in [-0.3, -0.25) is 4.98 Å². The summed E-state index contributed by atoms with van der Waals surface area (Å²) in [5, 5.41) is 10.1. The standard InChI is InChI=1S/C15H17N3/c1-3-18(11-12(2)10-16)15-8-9-17-14-7-5-4-6-13(14)15/h4-9,12H,3,11H2,1-2H3. The van der Waals surface area contributed by atoms with Crippen LogP contribution in [0.5, 0.6) is 0 Å². The van der Waals surface area contributed by atoms with E-state index in [-0.39, 0.29) is 5.92 Å². The minimum atomic E-state index is 0.0249. The number of nitriles is 1. The van der Waals surface area contributed by atoms with E-state index < -0.39 is 0 Å². The van der Waals surface area contributed by atoms with E-state index in [0.717, 1.165) is 29.7 Å². The monoisotopic (exact) mass is 239 g/mol. The number of anilines is 1. The van der Waals surface area contributed by atoms with Crippen LogP contribution in [-0.2, 0) is 0 Å². The number of rotatable bonds is 4. The summed E-state index contributed by atoms with van der Waals surface area (Å²) >= 11 is 0. The van der Waals surface area contributed by atoms with Gasteiger partial charge in [0.05, 0.1) is 17.5 Å². The molecule has 1 heterocycles. The maximum Gasteiger partial charge on any atom is 0.0722 e. The molecular weight excluding hydrogens is 222 g/mol. The fraction of sp³-hybridized carbons (Fsp3) is 0.333. The van der Waals surface area contributed by atoms with E-state index in [1.807, 2.05) is 37.4 Å². The van der Waals surface area contributed by atoms with Crippen molar-refractivity contribution < 1.29 is 0 Å². The lowest BCUT2D eigenvalue weighted by Gasteiger charge is -2.25. The smallest absolute Gasteiger partial charge is 0.0722 e. The molecule has 92 valence electrons. The summed E-state index contributed by atoms with van der Waals surface area (Å²) in [6.07, 6.45) is 1.83. The largest absolute Gasteiger partial charge is 0.370 e. The van der Waals surface area contributed by atoms with Crippen molar-refractivity contribution in [2.75, 3.05) is 18.0 Å². The third-order valence-electron chi connectivity index (χ3n) is 3.06. The molecule has 0 radical (unpaired) electrons. The van der Waals surface area contributed by atoms with Crippen molar-refractivity contribution in [1.29, 1.82) is 5.26 Å². The summed E-state index contributed by atoms with van der Waals surface area (Å²) in [5.74, 6) is 0.0249. The molecular formula is C15H17N3. The number of para-hydroxylation sites is 1. The van der Waals surface area contributed by atoms with Gasteiger partial charge in [0.25, 0.3) is 0 Å². The van der Waals surface area contributed by atoms with Gasteiger partial charge in [0.15, 0.2) is 0 Å². The maximum absolute atomic E-state index is 8.95. The zero-order valence-corrected chi connectivity index (χ0v) is 10.8. The summed E-state index contributed by atoms with van der Waals surface area (Å²) in [6, 6.07) is 12.4. The first-order valence-electron chi connectivity index (χ1n) is 6.24. The Bertz CT molecular complexity index is 566. The topological polar surface area (TPSA) is 39.9 Å². The quantitative estimate of drug-likeness (QED) is 0.822. The van der Waals surface area contributed by atoms with E-state index in [9.17, 15) is 0 Å². The average Bonchev–Trinajstić information content (AvgIpc) is 2.44. The van der Waals surface area contributed by atoms with Crippen molar-refractivity contribution in [3.63, 3.8) is 0 Å². The highest BCUT2D eigenvalue weighted by molar-refractivity contribution is 5.91. The van der Waals surface area contributed by atoms with E-state index in [2.05, 4.69) is 28.9 Å². The number of pyridine rings is 1. The molecule has 1 aromatic carbocycles. The number of hydrogen-bond donors (Lipinski definition) is 0. The van der Waals surface area contributed by atoms with Crippen molar-refractivity contribution in [3.05, 3.63) is 36.5 Å². The summed E-state index contributed by atoms with van der Waals surface area (Å²) in [5.41, 5.74) is 2.16. The van der Waals surface area contributed by atoms with E-state index in [1.54, 1.807) is 0 Å². The van der Waals surface area contributed by atoms with Gasteiger partial charge in [-0.2, -0.15) is 5.26 Å². The van der Waals surface area contributed by atoms with Crippen LogP contribution in [0.3, 0.4) is 0 Å². The van der Waals surface area contributed by atoms with Gasteiger partial charge in [-0.05, 0) is 26.0 Å². The molecule has 0 aliphatic heterocycles. The van der Waals surface area contributed by atoms with Crippen LogP contribution >= 0.6 is 0 Å². The number of nitrogens with zero attached hydrogens (tertiary/aromatic N) is 3. The van der Waals surface area contributed by atoms with Crippen molar-refractivity contribution >= 4 is 16.6 Å². The molecule has 0 bridgehead atoms. The lowest BCUT2D eigenvalue weighted by atomic mass is 10.1. The number of benzene rings is 1. The van der Waals surface area contributed by atoms with Gasteiger partial charge in [-0.15, -0.1) is 0 Å². The van der Waals surface area contributed by atoms with Gasteiger partial charge < -0.3 is 4.90 Å². The van der Waals surface area contributed by atoms with Gasteiger partial charge in [0.2, 0.25) is 0 Å². The van der Waals surface area contributed by atoms with E-state index in [1.165, 1.54) is 0 Å². The summed E-state index contributed by atoms with van der Waals surface area (Å²) < 4.78 is 0. The fourth-order valence-corrected chi connectivity index (χ4v) is 2.13. The second-order valence-corrected chi connectivity index (χ2v) is 4.42. The summed E-state index contributed by atoms with van der Waals surface area (Å²) in [7, 11) is 0. The molecule has 2 rings (SSSR count). The summed E-state index contributed by atoms with van der Waals surface area (Å²) in [4.78, 5) is 6.60. The van der Waals surface area contributed by atoms with Crippen molar-refractivity contribution in [1.82, 2.24) is 4.98 Å². The zero-order chi connectivity index (χ0) is 13.0. The normalized spacial score (nSPS) is 12.1. The third-order valence-corrected chi connectivity index (χ3v) is 3.06. The van der Waals surface area contributed by atoms with Crippen LogP contribution in [0.15, 0.2) is 36.5 Å². The first kappa shape index (κ1) is 12.4. The van der Waals surface area contributed by atoms with Gasteiger partial charge in [-0.1, -0.05) is 18.2 Å². The number of fused-ring (bicyclic) bond motifs is 1. The minimum absolute atomic E-state index is 0.0249. The molecule has 3 heteroatoms. The number of hydrogen-bond acceptors (Lipinski definition) is 3. The Morgan fingerprint density at radius 3 is 2.83 bits per heavy atom. The molecule has 2 aromatic rings. The molecule has 1 atom stereocenters. The molecule has 0 aliphatic rings. The Morgan fingerprint density at radius 1 is 1.33 bits per heavy atom. The predicted molar refractivity (Wildman–Crippen MR) is 74.4 cm³/mol. The SMILES string of the molecule is CCN(CC(C)C#N)c1ccnc2ccccc12. The third kappa shape index (κ3) is 2.43. The van der Waals surface area contributed by atoms with Crippen LogP contribution < -0.4 is 4.90 Å². The molecule has 0 N–H and O–H groups in total. The van der Waals surface area contributed by atoms with Crippen LogP contribution in [0.1, 0.15) is 13.8 Å². The van der Waals surface area contributed by atoms with E-state index >= 15 is 0 Å². The molecule has 0 fully saturated rings. The van der Waals surface area contributed by atoms with Crippen molar-refractivity contribution in [3.8, 4) is 6.07 Å².